The van der Waals surface area contributed by atoms with Crippen molar-refractivity contribution in [1.29, 1.82) is 0 Å². The molecule has 2 aliphatic heterocycles. The van der Waals surface area contributed by atoms with Crippen molar-refractivity contribution in [3.05, 3.63) is 0 Å². The third-order valence-corrected chi connectivity index (χ3v) is 4.28. The highest BCUT2D eigenvalue weighted by Gasteiger charge is 2.40. The van der Waals surface area contributed by atoms with Crippen LogP contribution >= 0.6 is 0 Å². The fourth-order valence-corrected chi connectivity index (χ4v) is 3.40. The van der Waals surface area contributed by atoms with Crippen molar-refractivity contribution in [3.63, 3.8) is 0 Å². The number of nitrogens with zero attached hydrogens (tertiary/aromatic N) is 1. The molecule has 0 bridgehead atoms. The molecule has 0 amide bonds. The topological polar surface area (TPSA) is 15.3 Å². The van der Waals surface area contributed by atoms with Crippen LogP contribution in [0.15, 0.2) is 0 Å². The van der Waals surface area contributed by atoms with E-state index in [1.54, 1.807) is 0 Å². The monoisotopic (exact) mass is 180 g/mol. The predicted molar refractivity (Wildman–Crippen MR) is 53.7 cm³/mol. The second kappa shape index (κ2) is 3.25. The first-order valence-corrected chi connectivity index (χ1v) is 5.91. The van der Waals surface area contributed by atoms with Gasteiger partial charge in [-0.1, -0.05) is 12.8 Å². The Kier molecular flexibility index (Phi) is 2.06. The van der Waals surface area contributed by atoms with Crippen molar-refractivity contribution in [3.8, 4) is 0 Å². The molecule has 1 aliphatic carbocycles. The first kappa shape index (κ1) is 8.25. The zero-order valence-corrected chi connectivity index (χ0v) is 8.34. The van der Waals surface area contributed by atoms with Crippen LogP contribution < -0.4 is 5.32 Å². The lowest BCUT2D eigenvalue weighted by atomic mass is 9.85. The maximum Gasteiger partial charge on any atom is 0.0348 e. The van der Waals surface area contributed by atoms with Crippen LogP contribution in [0.1, 0.15) is 32.1 Å². The van der Waals surface area contributed by atoms with Gasteiger partial charge in [0.2, 0.25) is 0 Å². The van der Waals surface area contributed by atoms with Gasteiger partial charge in [-0.3, -0.25) is 4.90 Å². The Labute approximate surface area is 80.7 Å². The molecule has 2 heteroatoms. The third-order valence-electron chi connectivity index (χ3n) is 4.28. The maximum atomic E-state index is 3.39. The van der Waals surface area contributed by atoms with Gasteiger partial charge >= 0.3 is 0 Å². The molecule has 13 heavy (non-hydrogen) atoms. The standard InChI is InChI=1S/C11H20N2/c1-2-4-11-9(3-1)5-6-13(11)10-7-12-8-10/h9-12H,1-8H2. The molecule has 0 aromatic heterocycles. The number of hydrogen-bond acceptors (Lipinski definition) is 2. The summed E-state index contributed by atoms with van der Waals surface area (Å²) in [6, 6.07) is 1.87. The van der Waals surface area contributed by atoms with Gasteiger partial charge in [-0.25, -0.2) is 0 Å². The molecule has 0 spiro atoms. The van der Waals surface area contributed by atoms with Crippen LogP contribution in [0.2, 0.25) is 0 Å². The Morgan fingerprint density at radius 3 is 2.62 bits per heavy atom. The van der Waals surface area contributed by atoms with Gasteiger partial charge in [0.15, 0.2) is 0 Å². The molecule has 2 heterocycles. The number of rotatable bonds is 1. The van der Waals surface area contributed by atoms with Crippen molar-refractivity contribution in [2.75, 3.05) is 19.6 Å². The van der Waals surface area contributed by atoms with E-state index in [1.165, 1.54) is 51.7 Å². The van der Waals surface area contributed by atoms with Crippen molar-refractivity contribution >= 4 is 0 Å². The van der Waals surface area contributed by atoms with E-state index in [0.29, 0.717) is 0 Å². The molecule has 3 aliphatic rings. The largest absolute Gasteiger partial charge is 0.314 e. The summed E-state index contributed by atoms with van der Waals surface area (Å²) in [5.41, 5.74) is 0. The Hall–Kier alpha value is -0.0800. The van der Waals surface area contributed by atoms with Gasteiger partial charge in [-0.15, -0.1) is 0 Å². The minimum Gasteiger partial charge on any atom is -0.314 e. The lowest BCUT2D eigenvalue weighted by molar-refractivity contribution is 0.0988. The van der Waals surface area contributed by atoms with E-state index in [9.17, 15) is 0 Å². The van der Waals surface area contributed by atoms with E-state index in [2.05, 4.69) is 10.2 Å². The van der Waals surface area contributed by atoms with Crippen molar-refractivity contribution < 1.29 is 0 Å². The SMILES string of the molecule is C1CCC2C(C1)CCN2C1CNC1. The molecule has 0 radical (unpaired) electrons. The first-order chi connectivity index (χ1) is 6.45. The average Bonchev–Trinajstić information content (AvgIpc) is 2.47. The van der Waals surface area contributed by atoms with Crippen LogP contribution in [0.25, 0.3) is 0 Å². The lowest BCUT2D eigenvalue weighted by Crippen LogP contribution is -2.59. The molecule has 2 unspecified atom stereocenters. The molecule has 3 fully saturated rings. The van der Waals surface area contributed by atoms with Crippen LogP contribution in [0.4, 0.5) is 0 Å². The number of hydrogen-bond donors (Lipinski definition) is 1. The van der Waals surface area contributed by atoms with E-state index >= 15 is 0 Å². The second-order valence-electron chi connectivity index (χ2n) is 4.95. The molecule has 2 saturated heterocycles. The van der Waals surface area contributed by atoms with Gasteiger partial charge < -0.3 is 5.32 Å². The second-order valence-corrected chi connectivity index (χ2v) is 4.95. The summed E-state index contributed by atoms with van der Waals surface area (Å²) in [5, 5.41) is 3.39. The third kappa shape index (κ3) is 1.31. The van der Waals surface area contributed by atoms with Crippen molar-refractivity contribution in [2.45, 2.75) is 44.2 Å². The summed E-state index contributed by atoms with van der Waals surface area (Å²) in [6.07, 6.45) is 7.47. The minimum atomic E-state index is 0.896. The van der Waals surface area contributed by atoms with E-state index in [1.807, 2.05) is 0 Å². The molecule has 0 aromatic carbocycles. The van der Waals surface area contributed by atoms with Crippen LogP contribution in [0.3, 0.4) is 0 Å². The normalized spacial score (nSPS) is 41.5. The van der Waals surface area contributed by atoms with Crippen LogP contribution in [0.5, 0.6) is 0 Å². The highest BCUT2D eigenvalue weighted by Crippen LogP contribution is 2.37. The minimum absolute atomic E-state index is 0.896. The smallest absolute Gasteiger partial charge is 0.0348 e. The van der Waals surface area contributed by atoms with Gasteiger partial charge in [0.05, 0.1) is 0 Å². The maximum absolute atomic E-state index is 3.39. The van der Waals surface area contributed by atoms with Crippen LogP contribution in [-0.2, 0) is 0 Å². The summed E-state index contributed by atoms with van der Waals surface area (Å²) < 4.78 is 0. The molecule has 0 aromatic rings. The summed E-state index contributed by atoms with van der Waals surface area (Å²) in [5.74, 6) is 1.06. The average molecular weight is 180 g/mol. The van der Waals surface area contributed by atoms with E-state index in [-0.39, 0.29) is 0 Å². The van der Waals surface area contributed by atoms with Gasteiger partial charge in [0, 0.05) is 25.2 Å². The van der Waals surface area contributed by atoms with Gasteiger partial charge in [-0.05, 0) is 31.7 Å². The fraction of sp³-hybridized carbons (Fsp3) is 1.00. The quantitative estimate of drug-likeness (QED) is 0.653. The molecule has 2 atom stereocenters. The summed E-state index contributed by atoms with van der Waals surface area (Å²) in [6.45, 7) is 3.90. The van der Waals surface area contributed by atoms with Gasteiger partial charge in [-0.2, -0.15) is 0 Å². The molecule has 3 rings (SSSR count). The van der Waals surface area contributed by atoms with Crippen LogP contribution in [0, 0.1) is 5.92 Å². The van der Waals surface area contributed by atoms with E-state index in [0.717, 1.165) is 18.0 Å². The number of fused-ring (bicyclic) bond motifs is 1. The van der Waals surface area contributed by atoms with E-state index < -0.39 is 0 Å². The Balaban J connectivity index is 1.68. The fourth-order valence-electron chi connectivity index (χ4n) is 3.40. The Bertz CT molecular complexity index is 189. The highest BCUT2D eigenvalue weighted by molar-refractivity contribution is 4.96. The number of likely N-dealkylation sites (tertiary alicyclic amines) is 1. The summed E-state index contributed by atoms with van der Waals surface area (Å²) >= 11 is 0. The van der Waals surface area contributed by atoms with Crippen LogP contribution in [-0.4, -0.2) is 36.6 Å². The Morgan fingerprint density at radius 1 is 1.00 bits per heavy atom. The zero-order chi connectivity index (χ0) is 8.67. The molecule has 1 saturated carbocycles. The summed E-state index contributed by atoms with van der Waals surface area (Å²) in [7, 11) is 0. The molecule has 74 valence electrons. The zero-order valence-electron chi connectivity index (χ0n) is 8.34. The summed E-state index contributed by atoms with van der Waals surface area (Å²) in [4.78, 5) is 2.81. The molecule has 1 N–H and O–H groups in total. The molecular weight excluding hydrogens is 160 g/mol. The highest BCUT2D eigenvalue weighted by atomic mass is 15.3. The Morgan fingerprint density at radius 2 is 1.85 bits per heavy atom. The van der Waals surface area contributed by atoms with Gasteiger partial charge in [0.1, 0.15) is 0 Å². The van der Waals surface area contributed by atoms with Crippen molar-refractivity contribution in [1.82, 2.24) is 10.2 Å². The van der Waals surface area contributed by atoms with E-state index in [4.69, 9.17) is 0 Å². The van der Waals surface area contributed by atoms with Gasteiger partial charge in [0.25, 0.3) is 0 Å². The molecular formula is C11H20N2. The number of nitrogens with one attached hydrogen (secondary N) is 1. The van der Waals surface area contributed by atoms with Crippen molar-refractivity contribution in [2.24, 2.45) is 5.92 Å². The predicted octanol–water partition coefficient (Wildman–Crippen LogP) is 1.22. The lowest BCUT2D eigenvalue weighted by Gasteiger charge is -2.41. The molecule has 2 nitrogen and oxygen atoms in total. The first-order valence-electron chi connectivity index (χ1n) is 5.91.